The van der Waals surface area contributed by atoms with Gasteiger partial charge in [-0.05, 0) is 19.1 Å². The van der Waals surface area contributed by atoms with Crippen LogP contribution in [0.5, 0.6) is 0 Å². The summed E-state index contributed by atoms with van der Waals surface area (Å²) >= 11 is 0. The lowest BCUT2D eigenvalue weighted by Gasteiger charge is -2.05. The highest BCUT2D eigenvalue weighted by Gasteiger charge is 1.99. The molecular formula is C12H16N4. The fourth-order valence-electron chi connectivity index (χ4n) is 1.57. The van der Waals surface area contributed by atoms with Crippen LogP contribution in [0.4, 0.5) is 0 Å². The van der Waals surface area contributed by atoms with Crippen LogP contribution in [0.3, 0.4) is 0 Å². The zero-order valence-corrected chi connectivity index (χ0v) is 9.64. The van der Waals surface area contributed by atoms with E-state index in [0.29, 0.717) is 0 Å². The Morgan fingerprint density at radius 1 is 1.31 bits per heavy atom. The molecule has 4 nitrogen and oxygen atoms in total. The summed E-state index contributed by atoms with van der Waals surface area (Å²) in [6.07, 6.45) is 3.75. The van der Waals surface area contributed by atoms with E-state index in [1.54, 1.807) is 0 Å². The van der Waals surface area contributed by atoms with Crippen LogP contribution in [0.15, 0.2) is 30.6 Å². The molecule has 0 aromatic carbocycles. The van der Waals surface area contributed by atoms with Crippen molar-refractivity contribution in [2.24, 2.45) is 7.05 Å². The van der Waals surface area contributed by atoms with Crippen molar-refractivity contribution in [2.45, 2.75) is 20.0 Å². The Bertz CT molecular complexity index is 462. The molecule has 0 unspecified atom stereocenters. The Morgan fingerprint density at radius 2 is 2.19 bits per heavy atom. The van der Waals surface area contributed by atoms with Gasteiger partial charge < -0.3 is 9.88 Å². The average molecular weight is 216 g/mol. The lowest BCUT2D eigenvalue weighted by atomic mass is 10.3. The van der Waals surface area contributed by atoms with Gasteiger partial charge >= 0.3 is 0 Å². The van der Waals surface area contributed by atoms with E-state index in [1.165, 1.54) is 0 Å². The zero-order chi connectivity index (χ0) is 11.4. The van der Waals surface area contributed by atoms with Crippen LogP contribution in [0.2, 0.25) is 0 Å². The van der Waals surface area contributed by atoms with Crippen LogP contribution in [0.25, 0.3) is 0 Å². The first-order valence-electron chi connectivity index (χ1n) is 5.35. The minimum Gasteiger partial charge on any atom is -0.337 e. The molecule has 0 saturated carbocycles. The molecule has 0 aliphatic carbocycles. The van der Waals surface area contributed by atoms with Gasteiger partial charge in [0.1, 0.15) is 5.82 Å². The molecule has 2 aromatic heterocycles. The summed E-state index contributed by atoms with van der Waals surface area (Å²) in [4.78, 5) is 8.67. The average Bonchev–Trinajstić information content (AvgIpc) is 2.65. The molecule has 0 aliphatic heterocycles. The van der Waals surface area contributed by atoms with Gasteiger partial charge in [-0.3, -0.25) is 4.98 Å². The van der Waals surface area contributed by atoms with E-state index in [9.17, 15) is 0 Å². The topological polar surface area (TPSA) is 42.7 Å². The molecule has 2 aromatic rings. The van der Waals surface area contributed by atoms with Crippen LogP contribution in [-0.4, -0.2) is 14.5 Å². The van der Waals surface area contributed by atoms with E-state index in [-0.39, 0.29) is 0 Å². The maximum Gasteiger partial charge on any atom is 0.122 e. The predicted octanol–water partition coefficient (Wildman–Crippen LogP) is 1.41. The number of hydrogen-bond acceptors (Lipinski definition) is 3. The molecule has 4 heteroatoms. The number of aromatic nitrogens is 3. The van der Waals surface area contributed by atoms with Crippen molar-refractivity contribution in [3.05, 3.63) is 47.8 Å². The number of imidazole rings is 1. The highest BCUT2D eigenvalue weighted by Crippen LogP contribution is 1.99. The van der Waals surface area contributed by atoms with Crippen LogP contribution < -0.4 is 5.32 Å². The normalized spacial score (nSPS) is 10.6. The Kier molecular flexibility index (Phi) is 3.31. The quantitative estimate of drug-likeness (QED) is 0.840. The summed E-state index contributed by atoms with van der Waals surface area (Å²) in [6, 6.07) is 6.06. The lowest BCUT2D eigenvalue weighted by molar-refractivity contribution is 0.630. The molecule has 2 rings (SSSR count). The first-order valence-corrected chi connectivity index (χ1v) is 5.35. The fourth-order valence-corrected chi connectivity index (χ4v) is 1.57. The van der Waals surface area contributed by atoms with Crippen molar-refractivity contribution in [3.8, 4) is 0 Å². The molecule has 0 fully saturated rings. The lowest BCUT2D eigenvalue weighted by Crippen LogP contribution is -2.16. The highest BCUT2D eigenvalue weighted by molar-refractivity contribution is 5.09. The maximum atomic E-state index is 4.42. The molecular weight excluding hydrogens is 200 g/mol. The molecule has 84 valence electrons. The largest absolute Gasteiger partial charge is 0.337 e. The van der Waals surface area contributed by atoms with E-state index >= 15 is 0 Å². The number of nitrogens with one attached hydrogen (secondary N) is 1. The summed E-state index contributed by atoms with van der Waals surface area (Å²) in [7, 11) is 1.99. The first-order chi connectivity index (χ1) is 7.75. The Balaban J connectivity index is 1.87. The van der Waals surface area contributed by atoms with Crippen molar-refractivity contribution in [3.63, 3.8) is 0 Å². The first kappa shape index (κ1) is 10.8. The molecule has 16 heavy (non-hydrogen) atoms. The van der Waals surface area contributed by atoms with E-state index < -0.39 is 0 Å². The van der Waals surface area contributed by atoms with Gasteiger partial charge in [0.25, 0.3) is 0 Å². The van der Waals surface area contributed by atoms with Gasteiger partial charge in [-0.15, -0.1) is 0 Å². The Labute approximate surface area is 95.4 Å². The number of pyridine rings is 1. The van der Waals surface area contributed by atoms with Gasteiger partial charge in [0.15, 0.2) is 0 Å². The van der Waals surface area contributed by atoms with E-state index in [2.05, 4.69) is 15.3 Å². The summed E-state index contributed by atoms with van der Waals surface area (Å²) < 4.78 is 2.01. The van der Waals surface area contributed by atoms with Crippen LogP contribution >= 0.6 is 0 Å². The van der Waals surface area contributed by atoms with Crippen LogP contribution in [-0.2, 0) is 20.1 Å². The van der Waals surface area contributed by atoms with Gasteiger partial charge in [-0.25, -0.2) is 4.98 Å². The van der Waals surface area contributed by atoms with Gasteiger partial charge in [-0.2, -0.15) is 0 Å². The standard InChI is InChI=1S/C12H16N4/c1-10-4-3-5-11(15-10)8-13-9-12-14-6-7-16(12)2/h3-7,13H,8-9H2,1-2H3. The molecule has 2 heterocycles. The van der Waals surface area contributed by atoms with Crippen molar-refractivity contribution in [2.75, 3.05) is 0 Å². The fraction of sp³-hybridized carbons (Fsp3) is 0.333. The molecule has 0 radical (unpaired) electrons. The molecule has 0 saturated heterocycles. The van der Waals surface area contributed by atoms with Crippen molar-refractivity contribution in [1.82, 2.24) is 19.9 Å². The number of nitrogens with zero attached hydrogens (tertiary/aromatic N) is 3. The Hall–Kier alpha value is -1.68. The molecule has 1 N–H and O–H groups in total. The number of rotatable bonds is 4. The second kappa shape index (κ2) is 4.90. The number of aryl methyl sites for hydroxylation is 2. The third-order valence-corrected chi connectivity index (χ3v) is 2.46. The molecule has 0 amide bonds. The Morgan fingerprint density at radius 3 is 2.88 bits per heavy atom. The molecule has 0 spiro atoms. The SMILES string of the molecule is Cc1cccc(CNCc2nccn2C)n1. The van der Waals surface area contributed by atoms with Crippen molar-refractivity contribution in [1.29, 1.82) is 0 Å². The maximum absolute atomic E-state index is 4.42. The third-order valence-electron chi connectivity index (χ3n) is 2.46. The monoisotopic (exact) mass is 216 g/mol. The predicted molar refractivity (Wildman–Crippen MR) is 62.7 cm³/mol. The summed E-state index contributed by atoms with van der Waals surface area (Å²) in [5.74, 6) is 1.03. The molecule has 0 aliphatic rings. The highest BCUT2D eigenvalue weighted by atomic mass is 15.1. The summed E-state index contributed by atoms with van der Waals surface area (Å²) in [5.41, 5.74) is 2.12. The van der Waals surface area contributed by atoms with Gasteiger partial charge in [-0.1, -0.05) is 6.07 Å². The second-order valence-electron chi connectivity index (χ2n) is 3.83. The van der Waals surface area contributed by atoms with E-state index in [4.69, 9.17) is 0 Å². The van der Waals surface area contributed by atoms with Crippen LogP contribution in [0.1, 0.15) is 17.2 Å². The third kappa shape index (κ3) is 2.67. The number of hydrogen-bond donors (Lipinski definition) is 1. The second-order valence-corrected chi connectivity index (χ2v) is 3.83. The van der Waals surface area contributed by atoms with E-state index in [0.717, 1.165) is 30.3 Å². The van der Waals surface area contributed by atoms with E-state index in [1.807, 2.05) is 49.1 Å². The van der Waals surface area contributed by atoms with Gasteiger partial charge in [0.2, 0.25) is 0 Å². The molecule has 0 bridgehead atoms. The van der Waals surface area contributed by atoms with Crippen LogP contribution in [0, 0.1) is 6.92 Å². The minimum atomic E-state index is 0.763. The summed E-state index contributed by atoms with van der Waals surface area (Å²) in [5, 5.41) is 3.33. The summed E-state index contributed by atoms with van der Waals surface area (Å²) in [6.45, 7) is 3.54. The minimum absolute atomic E-state index is 0.763. The van der Waals surface area contributed by atoms with Crippen molar-refractivity contribution < 1.29 is 0 Å². The molecule has 0 atom stereocenters. The van der Waals surface area contributed by atoms with Gasteiger partial charge in [0.05, 0.1) is 12.2 Å². The van der Waals surface area contributed by atoms with Gasteiger partial charge in [0, 0.05) is 31.7 Å². The zero-order valence-electron chi connectivity index (χ0n) is 9.64. The van der Waals surface area contributed by atoms with Crippen molar-refractivity contribution >= 4 is 0 Å². The smallest absolute Gasteiger partial charge is 0.122 e.